The van der Waals surface area contributed by atoms with Gasteiger partial charge in [0.2, 0.25) is 0 Å². The molecule has 0 saturated carbocycles. The van der Waals surface area contributed by atoms with E-state index in [4.69, 9.17) is 33.2 Å². The molecule has 0 aromatic heterocycles. The summed E-state index contributed by atoms with van der Waals surface area (Å²) in [5, 5.41) is 0. The van der Waals surface area contributed by atoms with Crippen molar-refractivity contribution in [2.45, 2.75) is 0 Å². The number of hydrogen-bond donors (Lipinski definition) is 0. The second-order valence-corrected chi connectivity index (χ2v) is 4.68. The van der Waals surface area contributed by atoms with Crippen LogP contribution in [0.3, 0.4) is 0 Å². The highest BCUT2D eigenvalue weighted by molar-refractivity contribution is 5.70. The molecule has 0 radical (unpaired) electrons. The SMILES string of the molecule is COCCOCCOCCOCCOCCOCCOCC(=O)OC. The predicted octanol–water partition coefficient (Wildman–Crippen LogP) is -0.0946. The van der Waals surface area contributed by atoms with Gasteiger partial charge in [-0.05, 0) is 0 Å². The molecule has 0 bridgehead atoms. The fraction of sp³-hybridized carbons (Fsp3) is 0.938. The zero-order valence-corrected chi connectivity index (χ0v) is 15.4. The molecule has 0 amide bonds. The summed E-state index contributed by atoms with van der Waals surface area (Å²) in [5.74, 6) is -0.399. The number of esters is 1. The lowest BCUT2D eigenvalue weighted by Crippen LogP contribution is -2.15. The maximum Gasteiger partial charge on any atom is 0.331 e. The zero-order valence-electron chi connectivity index (χ0n) is 15.4. The van der Waals surface area contributed by atoms with Gasteiger partial charge in [-0.2, -0.15) is 0 Å². The van der Waals surface area contributed by atoms with E-state index in [0.717, 1.165) is 0 Å². The Hall–Kier alpha value is -0.810. The van der Waals surface area contributed by atoms with Crippen molar-refractivity contribution < 1.29 is 42.7 Å². The number of methoxy groups -OCH3 is 2. The first-order valence-corrected chi connectivity index (χ1v) is 8.33. The summed E-state index contributed by atoms with van der Waals surface area (Å²) in [6, 6.07) is 0. The molecule has 0 unspecified atom stereocenters. The lowest BCUT2D eigenvalue weighted by molar-refractivity contribution is -0.146. The normalized spacial score (nSPS) is 11.0. The number of ether oxygens (including phenoxy) is 8. The summed E-state index contributed by atoms with van der Waals surface area (Å²) in [4.78, 5) is 10.8. The molecule has 25 heavy (non-hydrogen) atoms. The second kappa shape index (κ2) is 21.2. The van der Waals surface area contributed by atoms with Gasteiger partial charge in [0.15, 0.2) is 0 Å². The number of rotatable bonds is 20. The van der Waals surface area contributed by atoms with Gasteiger partial charge >= 0.3 is 5.97 Å². The van der Waals surface area contributed by atoms with Crippen LogP contribution in [0.5, 0.6) is 0 Å². The van der Waals surface area contributed by atoms with E-state index in [9.17, 15) is 4.79 Å². The van der Waals surface area contributed by atoms with Gasteiger partial charge in [-0.1, -0.05) is 0 Å². The minimum atomic E-state index is -0.399. The maximum atomic E-state index is 10.8. The number of hydrogen-bond acceptors (Lipinski definition) is 9. The second-order valence-electron chi connectivity index (χ2n) is 4.68. The summed E-state index contributed by atoms with van der Waals surface area (Å²) in [7, 11) is 2.95. The molecular formula is C16H32O9. The van der Waals surface area contributed by atoms with Crippen LogP contribution in [0.25, 0.3) is 0 Å². The molecule has 9 nitrogen and oxygen atoms in total. The minimum Gasteiger partial charge on any atom is -0.467 e. The highest BCUT2D eigenvalue weighted by Crippen LogP contribution is 1.85. The van der Waals surface area contributed by atoms with E-state index >= 15 is 0 Å². The molecule has 0 aliphatic rings. The lowest BCUT2D eigenvalue weighted by atomic mass is 10.6. The van der Waals surface area contributed by atoms with E-state index in [1.807, 2.05) is 0 Å². The molecule has 0 aromatic carbocycles. The van der Waals surface area contributed by atoms with Crippen LogP contribution in [0.2, 0.25) is 0 Å². The standard InChI is InChI=1S/C16H32O9/c1-18-3-4-20-5-6-21-7-8-22-9-10-23-11-12-24-13-14-25-15-16(17)19-2/h3-15H2,1-2H3. The molecule has 0 fully saturated rings. The average molecular weight is 368 g/mol. The minimum absolute atomic E-state index is 0.0573. The summed E-state index contributed by atoms with van der Waals surface area (Å²) in [6.07, 6.45) is 0. The van der Waals surface area contributed by atoms with Crippen molar-refractivity contribution in [3.63, 3.8) is 0 Å². The molecule has 0 atom stereocenters. The number of carbonyl (C=O) groups excluding carboxylic acids is 1. The Labute approximate surface area is 149 Å². The Bertz CT molecular complexity index is 276. The largest absolute Gasteiger partial charge is 0.467 e. The first kappa shape index (κ1) is 24.2. The van der Waals surface area contributed by atoms with Crippen LogP contribution in [-0.2, 0) is 42.7 Å². The van der Waals surface area contributed by atoms with Crippen LogP contribution in [0.1, 0.15) is 0 Å². The van der Waals surface area contributed by atoms with Gasteiger partial charge in [0, 0.05) is 7.11 Å². The van der Waals surface area contributed by atoms with Crippen LogP contribution in [-0.4, -0.2) is 106 Å². The molecule has 9 heteroatoms. The molecule has 0 aromatic rings. The highest BCUT2D eigenvalue weighted by Gasteiger charge is 1.98. The van der Waals surface area contributed by atoms with Gasteiger partial charge in [0.05, 0.1) is 86.4 Å². The third-order valence-electron chi connectivity index (χ3n) is 2.74. The fourth-order valence-electron chi connectivity index (χ4n) is 1.46. The van der Waals surface area contributed by atoms with Crippen LogP contribution < -0.4 is 0 Å². The first-order chi connectivity index (χ1) is 12.3. The van der Waals surface area contributed by atoms with Gasteiger partial charge in [-0.15, -0.1) is 0 Å². The molecule has 0 rings (SSSR count). The Balaban J connectivity index is 2.99. The van der Waals surface area contributed by atoms with Gasteiger partial charge < -0.3 is 37.9 Å². The Morgan fingerprint density at radius 2 is 0.840 bits per heavy atom. The predicted molar refractivity (Wildman–Crippen MR) is 88.8 cm³/mol. The van der Waals surface area contributed by atoms with Crippen molar-refractivity contribution in [2.24, 2.45) is 0 Å². The topological polar surface area (TPSA) is 90.9 Å². The van der Waals surface area contributed by atoms with Crippen molar-refractivity contribution in [2.75, 3.05) is 100 Å². The third kappa shape index (κ3) is 21.1. The number of carbonyl (C=O) groups is 1. The first-order valence-electron chi connectivity index (χ1n) is 8.33. The monoisotopic (exact) mass is 368 g/mol. The van der Waals surface area contributed by atoms with E-state index in [1.54, 1.807) is 7.11 Å². The van der Waals surface area contributed by atoms with Crippen molar-refractivity contribution in [1.29, 1.82) is 0 Å². The van der Waals surface area contributed by atoms with Gasteiger partial charge in [-0.25, -0.2) is 4.79 Å². The van der Waals surface area contributed by atoms with Gasteiger partial charge in [0.1, 0.15) is 6.61 Å². The molecule has 0 spiro atoms. The van der Waals surface area contributed by atoms with E-state index in [0.29, 0.717) is 79.3 Å². The molecule has 0 N–H and O–H groups in total. The molecule has 150 valence electrons. The quantitative estimate of drug-likeness (QED) is 0.216. The molecule has 0 heterocycles. The van der Waals surface area contributed by atoms with Crippen LogP contribution >= 0.6 is 0 Å². The smallest absolute Gasteiger partial charge is 0.331 e. The molecule has 0 aliphatic carbocycles. The van der Waals surface area contributed by atoms with Gasteiger partial charge in [0.25, 0.3) is 0 Å². The molecule has 0 aliphatic heterocycles. The lowest BCUT2D eigenvalue weighted by Gasteiger charge is -2.08. The highest BCUT2D eigenvalue weighted by atomic mass is 16.6. The van der Waals surface area contributed by atoms with Crippen LogP contribution in [0, 0.1) is 0 Å². The zero-order chi connectivity index (χ0) is 18.4. The van der Waals surface area contributed by atoms with E-state index < -0.39 is 5.97 Å². The van der Waals surface area contributed by atoms with Crippen molar-refractivity contribution in [1.82, 2.24) is 0 Å². The van der Waals surface area contributed by atoms with Crippen LogP contribution in [0.4, 0.5) is 0 Å². The van der Waals surface area contributed by atoms with Gasteiger partial charge in [-0.3, -0.25) is 0 Å². The summed E-state index contributed by atoms with van der Waals surface area (Å²) >= 11 is 0. The molecular weight excluding hydrogens is 336 g/mol. The van der Waals surface area contributed by atoms with Crippen LogP contribution in [0.15, 0.2) is 0 Å². The van der Waals surface area contributed by atoms with E-state index in [2.05, 4.69) is 4.74 Å². The Kier molecular flexibility index (Phi) is 20.5. The summed E-state index contributed by atoms with van der Waals surface area (Å²) in [6.45, 7) is 5.98. The Morgan fingerprint density at radius 3 is 1.16 bits per heavy atom. The summed E-state index contributed by atoms with van der Waals surface area (Å²) < 4.78 is 40.9. The van der Waals surface area contributed by atoms with E-state index in [1.165, 1.54) is 7.11 Å². The average Bonchev–Trinajstić information content (AvgIpc) is 2.63. The van der Waals surface area contributed by atoms with Crippen molar-refractivity contribution in [3.05, 3.63) is 0 Å². The maximum absolute atomic E-state index is 10.8. The van der Waals surface area contributed by atoms with E-state index in [-0.39, 0.29) is 6.61 Å². The van der Waals surface area contributed by atoms with Crippen molar-refractivity contribution >= 4 is 5.97 Å². The summed E-state index contributed by atoms with van der Waals surface area (Å²) in [5.41, 5.74) is 0. The van der Waals surface area contributed by atoms with Crippen molar-refractivity contribution in [3.8, 4) is 0 Å². The third-order valence-corrected chi connectivity index (χ3v) is 2.74. The molecule has 0 saturated heterocycles. The fourth-order valence-corrected chi connectivity index (χ4v) is 1.46. The Morgan fingerprint density at radius 1 is 0.520 bits per heavy atom.